The summed E-state index contributed by atoms with van der Waals surface area (Å²) in [5, 5.41) is 22.6. The first-order chi connectivity index (χ1) is 48.8. The quantitative estimate of drug-likeness (QED) is 0.0142. The van der Waals surface area contributed by atoms with E-state index < -0.39 is 148 Å². The highest BCUT2D eigenvalue weighted by Crippen LogP contribution is 2.41. The highest BCUT2D eigenvalue weighted by atomic mass is 16.6. The van der Waals surface area contributed by atoms with Crippen molar-refractivity contribution in [2.75, 3.05) is 7.11 Å². The lowest BCUT2D eigenvalue weighted by Gasteiger charge is -2.37. The van der Waals surface area contributed by atoms with Gasteiger partial charge in [-0.3, -0.25) is 33.6 Å². The Hall–Kier alpha value is -9.75. The monoisotopic (exact) mass is 1430 g/mol. The van der Waals surface area contributed by atoms with Gasteiger partial charge in [-0.25, -0.2) is 19.6 Å². The van der Waals surface area contributed by atoms with E-state index in [9.17, 15) is 24.0 Å². The Morgan fingerprint density at radius 1 is 0.423 bits per heavy atom. The Morgan fingerprint density at radius 2 is 0.779 bits per heavy atom. The molecule has 8 amide bonds. The van der Waals surface area contributed by atoms with Crippen molar-refractivity contribution in [3.63, 3.8) is 0 Å². The molecular weight excluding hydrogens is 1320 g/mol. The molecule has 11 atom stereocenters. The van der Waals surface area contributed by atoms with Crippen LogP contribution in [-0.2, 0) is 89.2 Å². The summed E-state index contributed by atoms with van der Waals surface area (Å²) in [4.78, 5) is 141. The predicted octanol–water partition coefficient (Wildman–Crippen LogP) is 7.71. The molecule has 0 radical (unpaired) electrons. The molecule has 2 aromatic heterocycles. The summed E-state index contributed by atoms with van der Waals surface area (Å²) in [6.07, 6.45) is 3.73. The van der Waals surface area contributed by atoms with Gasteiger partial charge in [-0.05, 0) is 116 Å². The average molecular weight is 1440 g/mol. The number of hydrogen-bond donors (Lipinski definition) is 8. The van der Waals surface area contributed by atoms with Gasteiger partial charge < -0.3 is 70.6 Å². The van der Waals surface area contributed by atoms with Gasteiger partial charge >= 0.3 is 12.1 Å². The molecule has 0 fully saturated rings. The number of nitrogens with one attached hydrogen (secondary N) is 8. The van der Waals surface area contributed by atoms with Crippen LogP contribution in [0.15, 0.2) is 146 Å². The number of esters is 1. The molecule has 0 spiro atoms. The number of aromatic nitrogens is 4. The van der Waals surface area contributed by atoms with E-state index in [1.807, 2.05) is 102 Å². The van der Waals surface area contributed by atoms with Crippen LogP contribution in [-0.4, -0.2) is 157 Å². The SMILES string of the molecule is CC[C@H](C)[C@H](NC(=O)[C@@H](NC(=O)[C@H](NC(=O)[C@H](Cc1ccccc1)NC(=O)[C@H](Cc1cn(C(c2ccccc2)(c2ccccc2)c2ccccc2)cn1)NC(=O)[C@H](NC(=O)[C@@H](NC(=O)[C@H](Cc1cn(C)cn1)NC(=O)OC(C)(C)C)[C@@H](C)OC(C)(C)C)C(C)C)C(C)C)[C@@H](C)OC(C)(C)C)C(=O)OC. The number of alkyl carbamates (subject to hydrolysis) is 1. The van der Waals surface area contributed by atoms with Crippen LogP contribution in [0.5, 0.6) is 0 Å². The van der Waals surface area contributed by atoms with Gasteiger partial charge in [0.1, 0.15) is 59.5 Å². The normalized spacial score (nSPS) is 15.2. The number of rotatable bonds is 34. The number of benzene rings is 4. The van der Waals surface area contributed by atoms with Gasteiger partial charge in [0, 0.05) is 38.7 Å². The molecule has 104 heavy (non-hydrogen) atoms. The molecule has 0 aliphatic carbocycles. The van der Waals surface area contributed by atoms with Crippen molar-refractivity contribution in [2.45, 2.75) is 226 Å². The molecule has 0 aliphatic heterocycles. The molecule has 0 aliphatic rings. The maximum absolute atomic E-state index is 15.8. The smallest absolute Gasteiger partial charge is 0.408 e. The fourth-order valence-corrected chi connectivity index (χ4v) is 12.2. The fourth-order valence-electron chi connectivity index (χ4n) is 12.2. The topological polar surface area (TPSA) is 322 Å². The molecule has 0 saturated heterocycles. The minimum Gasteiger partial charge on any atom is -0.467 e. The summed E-state index contributed by atoms with van der Waals surface area (Å²) in [5.74, 6) is -8.00. The Morgan fingerprint density at radius 3 is 1.19 bits per heavy atom. The molecule has 0 unspecified atom stereocenters. The molecular formula is C79H110N12O13. The minimum atomic E-state index is -1.56. The standard InChI is InChI=1S/C79H110N12O13/c1-20-50(6)64(74(99)101-19)87-73(98)66(52(8)103-77(12,13)14)89-71(96)63(49(4)5)85-68(93)59(41-53-33-25-21-26-34-53)82-67(92)60(43-58-45-91(47-81-58)79(54-35-27-22-28-36-54,55-37-29-23-30-38-55)56-39-31-24-32-40-56)83-70(95)62(48(2)3)86-72(97)65(51(7)102-76(9,10)11)88-69(94)61(42-57-44-90(18)46-80-57)84-75(100)104-78(15,16)17/h21-40,44-52,59-66H,20,41-43H2,1-19H3,(H,82,92)(H,83,95)(H,84,100)(H,85,93)(H,86,97)(H,87,98)(H,88,94)(H,89,96)/t50-,51+,52+,59-,60-,61-,62+,63+,64-,65-,66-/m0/s1. The number of hydrogen-bond acceptors (Lipinski definition) is 15. The maximum Gasteiger partial charge on any atom is 0.408 e. The molecule has 0 saturated carbocycles. The first-order valence-corrected chi connectivity index (χ1v) is 35.6. The lowest BCUT2D eigenvalue weighted by atomic mass is 9.77. The number of ether oxygens (including phenoxy) is 4. The lowest BCUT2D eigenvalue weighted by Crippen LogP contribution is -2.63. The zero-order valence-electron chi connectivity index (χ0n) is 63.8. The molecule has 2 heterocycles. The predicted molar refractivity (Wildman–Crippen MR) is 396 cm³/mol. The molecule has 564 valence electrons. The van der Waals surface area contributed by atoms with Gasteiger partial charge in [-0.1, -0.05) is 169 Å². The van der Waals surface area contributed by atoms with Crippen molar-refractivity contribution >= 4 is 53.4 Å². The Bertz CT molecular complexity index is 3710. The molecule has 25 heteroatoms. The van der Waals surface area contributed by atoms with Crippen LogP contribution in [0.4, 0.5) is 4.79 Å². The second-order valence-corrected chi connectivity index (χ2v) is 30.2. The van der Waals surface area contributed by atoms with Gasteiger partial charge in [-0.15, -0.1) is 0 Å². The minimum absolute atomic E-state index is 0.103. The number of imidazole rings is 2. The van der Waals surface area contributed by atoms with Gasteiger partial charge in [0.25, 0.3) is 0 Å². The number of aryl methyl sites for hydroxylation is 1. The van der Waals surface area contributed by atoms with Crippen LogP contribution in [0.25, 0.3) is 0 Å². The van der Waals surface area contributed by atoms with E-state index in [2.05, 4.69) is 47.5 Å². The van der Waals surface area contributed by atoms with Crippen LogP contribution in [0.3, 0.4) is 0 Å². The summed E-state index contributed by atoms with van der Waals surface area (Å²) < 4.78 is 26.8. The van der Waals surface area contributed by atoms with Gasteiger partial charge in [0.05, 0.1) is 54.6 Å². The molecule has 25 nitrogen and oxygen atoms in total. The van der Waals surface area contributed by atoms with Crippen molar-refractivity contribution in [3.05, 3.63) is 180 Å². The molecule has 6 rings (SSSR count). The summed E-state index contributed by atoms with van der Waals surface area (Å²) in [6.45, 7) is 29.3. The van der Waals surface area contributed by atoms with Crippen molar-refractivity contribution in [2.24, 2.45) is 24.8 Å². The molecule has 6 aromatic rings. The van der Waals surface area contributed by atoms with Gasteiger partial charge in [0.15, 0.2) is 0 Å². The number of amides is 8. The largest absolute Gasteiger partial charge is 0.467 e. The Kier molecular flexibility index (Phi) is 29.7. The average Bonchev–Trinajstić information content (AvgIpc) is 1.27. The van der Waals surface area contributed by atoms with E-state index in [1.54, 1.807) is 178 Å². The second-order valence-electron chi connectivity index (χ2n) is 30.2. The van der Waals surface area contributed by atoms with Crippen molar-refractivity contribution in [1.82, 2.24) is 61.6 Å². The van der Waals surface area contributed by atoms with Crippen molar-refractivity contribution in [1.29, 1.82) is 0 Å². The third kappa shape index (κ3) is 23.9. The maximum atomic E-state index is 15.8. The van der Waals surface area contributed by atoms with E-state index in [-0.39, 0.29) is 25.2 Å². The zero-order chi connectivity index (χ0) is 77.0. The van der Waals surface area contributed by atoms with E-state index in [1.165, 1.54) is 7.11 Å². The molecule has 4 aromatic carbocycles. The van der Waals surface area contributed by atoms with E-state index in [0.717, 1.165) is 16.7 Å². The van der Waals surface area contributed by atoms with E-state index in [0.29, 0.717) is 23.4 Å². The number of carbonyl (C=O) groups is 9. The molecule has 8 N–H and O–H groups in total. The summed E-state index contributed by atoms with van der Waals surface area (Å²) in [6, 6.07) is 27.4. The summed E-state index contributed by atoms with van der Waals surface area (Å²) in [5.41, 5.74) is 0.372. The fraction of sp³-hybridized carbons (Fsp3) is 0.506. The second kappa shape index (κ2) is 37.1. The highest BCUT2D eigenvalue weighted by molar-refractivity contribution is 5.98. The third-order valence-electron chi connectivity index (χ3n) is 17.4. The van der Waals surface area contributed by atoms with Crippen LogP contribution in [0, 0.1) is 17.8 Å². The zero-order valence-corrected chi connectivity index (χ0v) is 63.8. The summed E-state index contributed by atoms with van der Waals surface area (Å²) in [7, 11) is 2.97. The first-order valence-electron chi connectivity index (χ1n) is 35.6. The van der Waals surface area contributed by atoms with Crippen LogP contribution >= 0.6 is 0 Å². The molecule has 0 bridgehead atoms. The van der Waals surface area contributed by atoms with Gasteiger partial charge in [-0.2, -0.15) is 0 Å². The first kappa shape index (κ1) is 83.2. The van der Waals surface area contributed by atoms with Crippen molar-refractivity contribution in [3.8, 4) is 0 Å². The lowest BCUT2D eigenvalue weighted by molar-refractivity contribution is -0.149. The highest BCUT2D eigenvalue weighted by Gasteiger charge is 2.43. The van der Waals surface area contributed by atoms with Crippen LogP contribution in [0.2, 0.25) is 0 Å². The van der Waals surface area contributed by atoms with Crippen LogP contribution < -0.4 is 42.5 Å². The van der Waals surface area contributed by atoms with E-state index >= 15 is 19.2 Å². The number of methoxy groups -OCH3 is 1. The summed E-state index contributed by atoms with van der Waals surface area (Å²) >= 11 is 0. The Balaban J connectivity index is 1.43. The number of nitrogens with zero attached hydrogens (tertiary/aromatic N) is 4. The number of carbonyl (C=O) groups excluding carboxylic acids is 9. The van der Waals surface area contributed by atoms with Crippen molar-refractivity contribution < 1.29 is 62.1 Å². The third-order valence-corrected chi connectivity index (χ3v) is 17.4. The Labute approximate surface area is 612 Å². The van der Waals surface area contributed by atoms with Crippen LogP contribution in [0.1, 0.15) is 158 Å². The van der Waals surface area contributed by atoms with Gasteiger partial charge in [0.2, 0.25) is 41.4 Å². The van der Waals surface area contributed by atoms with E-state index in [4.69, 9.17) is 23.9 Å².